The average Bonchev–Trinajstić information content (AvgIpc) is 2.96. The molecular formula is C12H17N3O2. The summed E-state index contributed by atoms with van der Waals surface area (Å²) in [6, 6.07) is 4.31. The van der Waals surface area contributed by atoms with Gasteiger partial charge in [0, 0.05) is 37.8 Å². The van der Waals surface area contributed by atoms with E-state index in [1.807, 2.05) is 29.9 Å². The Kier molecular flexibility index (Phi) is 2.64. The maximum Gasteiger partial charge on any atom is 0.268 e. The molecule has 0 aliphatic carbocycles. The molecule has 2 aliphatic heterocycles. The third kappa shape index (κ3) is 1.85. The van der Waals surface area contributed by atoms with Crippen LogP contribution in [0.25, 0.3) is 0 Å². The number of hydrogen-bond donors (Lipinski definition) is 2. The molecule has 0 spiro atoms. The van der Waals surface area contributed by atoms with Crippen molar-refractivity contribution in [1.82, 2.24) is 15.2 Å². The van der Waals surface area contributed by atoms with Gasteiger partial charge in [0.15, 0.2) is 0 Å². The number of amides is 1. The number of nitrogens with one attached hydrogen (secondary N) is 2. The van der Waals surface area contributed by atoms with E-state index in [1.54, 1.807) is 0 Å². The quantitative estimate of drug-likeness (QED) is 0.742. The summed E-state index contributed by atoms with van der Waals surface area (Å²) in [6.07, 6.45) is 1.88. The Morgan fingerprint density at radius 3 is 3.24 bits per heavy atom. The van der Waals surface area contributed by atoms with Crippen LogP contribution in [0.4, 0.5) is 0 Å². The first-order valence-corrected chi connectivity index (χ1v) is 5.99. The van der Waals surface area contributed by atoms with Crippen LogP contribution >= 0.6 is 0 Å². The van der Waals surface area contributed by atoms with E-state index in [0.717, 1.165) is 19.8 Å². The van der Waals surface area contributed by atoms with Gasteiger partial charge >= 0.3 is 0 Å². The minimum absolute atomic E-state index is 0.00292. The van der Waals surface area contributed by atoms with E-state index in [9.17, 15) is 4.79 Å². The number of carbonyl (C=O) groups is 1. The van der Waals surface area contributed by atoms with Gasteiger partial charge < -0.3 is 19.9 Å². The normalized spacial score (nSPS) is 31.5. The van der Waals surface area contributed by atoms with Crippen molar-refractivity contribution in [3.8, 4) is 0 Å². The van der Waals surface area contributed by atoms with Crippen molar-refractivity contribution < 1.29 is 9.53 Å². The molecule has 17 heavy (non-hydrogen) atoms. The number of aromatic nitrogens is 1. The number of hydrogen-bond acceptors (Lipinski definition) is 3. The summed E-state index contributed by atoms with van der Waals surface area (Å²) >= 11 is 0. The number of nitrogens with zero attached hydrogens (tertiary/aromatic N) is 1. The molecule has 0 aromatic carbocycles. The van der Waals surface area contributed by atoms with Gasteiger partial charge in [-0.25, -0.2) is 0 Å². The molecule has 0 saturated carbocycles. The molecular weight excluding hydrogens is 218 g/mol. The maximum atomic E-state index is 12.1. The van der Waals surface area contributed by atoms with Crippen LogP contribution in [0.1, 0.15) is 10.5 Å². The van der Waals surface area contributed by atoms with Crippen molar-refractivity contribution in [2.24, 2.45) is 13.0 Å². The highest BCUT2D eigenvalue weighted by atomic mass is 16.5. The van der Waals surface area contributed by atoms with Crippen LogP contribution in [0.15, 0.2) is 18.3 Å². The Hall–Kier alpha value is -1.33. The molecule has 5 nitrogen and oxygen atoms in total. The molecule has 0 radical (unpaired) electrons. The Balaban J connectivity index is 1.68. The summed E-state index contributed by atoms with van der Waals surface area (Å²) in [7, 11) is 1.88. The topological polar surface area (TPSA) is 55.3 Å². The molecule has 2 saturated heterocycles. The number of ether oxygens (including phenoxy) is 1. The van der Waals surface area contributed by atoms with Gasteiger partial charge in [-0.2, -0.15) is 0 Å². The van der Waals surface area contributed by atoms with Gasteiger partial charge in [-0.05, 0) is 12.1 Å². The summed E-state index contributed by atoms with van der Waals surface area (Å²) < 4.78 is 7.25. The van der Waals surface area contributed by atoms with Gasteiger partial charge in [-0.3, -0.25) is 4.79 Å². The Bertz CT molecular complexity index is 429. The average molecular weight is 235 g/mol. The third-order valence-corrected chi connectivity index (χ3v) is 3.73. The van der Waals surface area contributed by atoms with Crippen molar-refractivity contribution in [2.75, 3.05) is 19.8 Å². The second-order valence-corrected chi connectivity index (χ2v) is 4.80. The summed E-state index contributed by atoms with van der Waals surface area (Å²) in [5.74, 6) is 0.413. The van der Waals surface area contributed by atoms with E-state index in [4.69, 9.17) is 4.74 Å². The smallest absolute Gasteiger partial charge is 0.268 e. The lowest BCUT2D eigenvalue weighted by atomic mass is 10.00. The Morgan fingerprint density at radius 2 is 2.47 bits per heavy atom. The molecule has 2 fully saturated rings. The van der Waals surface area contributed by atoms with Crippen LogP contribution in [0.5, 0.6) is 0 Å². The molecule has 1 aromatic heterocycles. The van der Waals surface area contributed by atoms with Gasteiger partial charge in [0.1, 0.15) is 5.69 Å². The van der Waals surface area contributed by atoms with Crippen LogP contribution in [0.3, 0.4) is 0 Å². The van der Waals surface area contributed by atoms with E-state index in [2.05, 4.69) is 10.6 Å². The fraction of sp³-hybridized carbons (Fsp3) is 0.583. The second-order valence-electron chi connectivity index (χ2n) is 4.80. The number of carbonyl (C=O) groups excluding carboxylic acids is 1. The molecule has 2 N–H and O–H groups in total. The zero-order valence-electron chi connectivity index (χ0n) is 9.85. The predicted molar refractivity (Wildman–Crippen MR) is 62.8 cm³/mol. The van der Waals surface area contributed by atoms with Crippen molar-refractivity contribution in [2.45, 2.75) is 12.1 Å². The maximum absolute atomic E-state index is 12.1. The molecule has 3 rings (SSSR count). The molecule has 1 aromatic rings. The van der Waals surface area contributed by atoms with E-state index < -0.39 is 0 Å². The van der Waals surface area contributed by atoms with Crippen LogP contribution in [-0.4, -0.2) is 42.3 Å². The minimum Gasteiger partial charge on any atom is -0.379 e. The van der Waals surface area contributed by atoms with Crippen LogP contribution in [-0.2, 0) is 11.8 Å². The molecule has 92 valence electrons. The van der Waals surface area contributed by atoms with Crippen molar-refractivity contribution in [3.05, 3.63) is 24.0 Å². The second kappa shape index (κ2) is 4.16. The first kappa shape index (κ1) is 10.8. The van der Waals surface area contributed by atoms with E-state index in [-0.39, 0.29) is 11.9 Å². The van der Waals surface area contributed by atoms with E-state index >= 15 is 0 Å². The lowest BCUT2D eigenvalue weighted by molar-refractivity contribution is 0.0915. The van der Waals surface area contributed by atoms with Crippen LogP contribution in [0.2, 0.25) is 0 Å². The lowest BCUT2D eigenvalue weighted by Gasteiger charge is -2.17. The molecule has 2 aliphatic rings. The highest BCUT2D eigenvalue weighted by Gasteiger charge is 2.40. The summed E-state index contributed by atoms with van der Waals surface area (Å²) in [5, 5.41) is 6.48. The van der Waals surface area contributed by atoms with Crippen LogP contribution < -0.4 is 10.6 Å². The number of aryl methyl sites for hydroxylation is 1. The lowest BCUT2D eigenvalue weighted by Crippen LogP contribution is -2.41. The van der Waals surface area contributed by atoms with E-state index in [1.165, 1.54) is 0 Å². The van der Waals surface area contributed by atoms with Gasteiger partial charge in [0.05, 0.1) is 13.2 Å². The Labute approximate surface area is 100 Å². The number of rotatable bonds is 2. The molecule has 0 unspecified atom stereocenters. The van der Waals surface area contributed by atoms with Gasteiger partial charge in [-0.1, -0.05) is 0 Å². The predicted octanol–water partition coefficient (Wildman–Crippen LogP) is -0.258. The molecule has 3 atom stereocenters. The summed E-state index contributed by atoms with van der Waals surface area (Å²) in [5.41, 5.74) is 0.701. The third-order valence-electron chi connectivity index (χ3n) is 3.73. The molecule has 3 heterocycles. The zero-order valence-corrected chi connectivity index (χ0v) is 9.85. The monoisotopic (exact) mass is 235 g/mol. The highest BCUT2D eigenvalue weighted by Crippen LogP contribution is 2.23. The van der Waals surface area contributed by atoms with Crippen molar-refractivity contribution >= 4 is 5.91 Å². The fourth-order valence-electron chi connectivity index (χ4n) is 2.70. The largest absolute Gasteiger partial charge is 0.379 e. The molecule has 5 heteroatoms. The van der Waals surface area contributed by atoms with E-state index in [0.29, 0.717) is 17.7 Å². The molecule has 0 bridgehead atoms. The Morgan fingerprint density at radius 1 is 1.59 bits per heavy atom. The standard InChI is InChI=1S/C12H17N3O2/c1-15-4-2-3-11(15)12(16)14-9-5-13-10-7-17-6-8(9)10/h2-4,8-10,13H,5-7H2,1H3,(H,14,16)/t8-,9-,10-/m1/s1. The van der Waals surface area contributed by atoms with Crippen LogP contribution in [0, 0.1) is 5.92 Å². The first-order valence-electron chi connectivity index (χ1n) is 5.99. The minimum atomic E-state index is -0.00292. The van der Waals surface area contributed by atoms with Gasteiger partial charge in [0.2, 0.25) is 0 Å². The van der Waals surface area contributed by atoms with Crippen molar-refractivity contribution in [3.63, 3.8) is 0 Å². The molecule has 1 amide bonds. The SMILES string of the molecule is Cn1cccc1C(=O)N[C@@H]1CN[C@@H]2COC[C@@H]21. The fourth-order valence-corrected chi connectivity index (χ4v) is 2.70. The van der Waals surface area contributed by atoms with Gasteiger partial charge in [0.25, 0.3) is 5.91 Å². The summed E-state index contributed by atoms with van der Waals surface area (Å²) in [6.45, 7) is 2.35. The highest BCUT2D eigenvalue weighted by molar-refractivity contribution is 5.93. The number of fused-ring (bicyclic) bond motifs is 1. The first-order chi connectivity index (χ1) is 8.25. The van der Waals surface area contributed by atoms with Crippen molar-refractivity contribution in [1.29, 1.82) is 0 Å². The summed E-state index contributed by atoms with van der Waals surface area (Å²) in [4.78, 5) is 12.1. The zero-order chi connectivity index (χ0) is 11.8. The van der Waals surface area contributed by atoms with Gasteiger partial charge in [-0.15, -0.1) is 0 Å².